The second-order valence-corrected chi connectivity index (χ2v) is 10.0. The topological polar surface area (TPSA) is 145 Å². The summed E-state index contributed by atoms with van der Waals surface area (Å²) in [5.41, 5.74) is -0.288. The van der Waals surface area contributed by atoms with Crippen LogP contribution < -0.4 is 10.0 Å². The molecule has 2 N–H and O–H groups in total. The van der Waals surface area contributed by atoms with Crippen molar-refractivity contribution in [2.24, 2.45) is 0 Å². The highest BCUT2D eigenvalue weighted by Gasteiger charge is 2.24. The van der Waals surface area contributed by atoms with Crippen molar-refractivity contribution in [1.29, 1.82) is 0 Å². The predicted molar refractivity (Wildman–Crippen MR) is 125 cm³/mol. The Labute approximate surface area is 201 Å². The Kier molecular flexibility index (Phi) is 8.11. The lowest BCUT2D eigenvalue weighted by Gasteiger charge is -2.24. The van der Waals surface area contributed by atoms with Gasteiger partial charge >= 0.3 is 5.97 Å². The summed E-state index contributed by atoms with van der Waals surface area (Å²) in [6.45, 7) is 1.49. The molecule has 2 aromatic rings. The van der Waals surface area contributed by atoms with Crippen LogP contribution in [0.25, 0.3) is 0 Å². The van der Waals surface area contributed by atoms with Crippen molar-refractivity contribution in [3.63, 3.8) is 0 Å². The number of carbonyl (C=O) groups is 2. The number of nitro benzene ring substituents is 1. The van der Waals surface area contributed by atoms with Gasteiger partial charge in [0.25, 0.3) is 21.6 Å². The summed E-state index contributed by atoms with van der Waals surface area (Å²) < 4.78 is 32.7. The average Bonchev–Trinajstić information content (AvgIpc) is 2.79. The Bertz CT molecular complexity index is 1180. The average molecular weight is 510 g/mol. The lowest BCUT2D eigenvalue weighted by Crippen LogP contribution is -2.42. The Balaban J connectivity index is 1.61. The SMILES string of the molecule is CC(OC(=O)c1ccc(NS(=O)(=O)c2ccc(Cl)c([N+](=O)[O-])c2)cc1)C(=O)NC1CCCCC1. The summed E-state index contributed by atoms with van der Waals surface area (Å²) in [6, 6.07) is 8.58. The predicted octanol–water partition coefficient (Wildman–Crippen LogP) is 4.04. The fourth-order valence-corrected chi connectivity index (χ4v) is 4.80. The number of sulfonamides is 1. The van der Waals surface area contributed by atoms with Gasteiger partial charge in [0.2, 0.25) is 0 Å². The first kappa shape index (κ1) is 25.4. The van der Waals surface area contributed by atoms with Crippen molar-refractivity contribution in [3.05, 3.63) is 63.2 Å². The van der Waals surface area contributed by atoms with E-state index >= 15 is 0 Å². The van der Waals surface area contributed by atoms with Crippen LogP contribution in [0.1, 0.15) is 49.4 Å². The molecule has 10 nitrogen and oxygen atoms in total. The van der Waals surface area contributed by atoms with Gasteiger partial charge in [-0.05, 0) is 56.2 Å². The first-order valence-electron chi connectivity index (χ1n) is 10.6. The number of ether oxygens (including phenoxy) is 1. The molecule has 1 amide bonds. The summed E-state index contributed by atoms with van der Waals surface area (Å²) in [4.78, 5) is 34.6. The van der Waals surface area contributed by atoms with Gasteiger partial charge in [-0.25, -0.2) is 13.2 Å². The molecular weight excluding hydrogens is 486 g/mol. The molecule has 1 fully saturated rings. The highest BCUT2D eigenvalue weighted by atomic mass is 35.5. The third-order valence-corrected chi connectivity index (χ3v) is 7.10. The maximum absolute atomic E-state index is 12.6. The molecule has 1 saturated carbocycles. The monoisotopic (exact) mass is 509 g/mol. The molecule has 0 aliphatic heterocycles. The van der Waals surface area contributed by atoms with Gasteiger partial charge in [0, 0.05) is 17.8 Å². The standard InChI is InChI=1S/C22H24ClN3O7S/c1-14(21(27)24-16-5-3-2-4-6-16)33-22(28)15-7-9-17(10-8-15)25-34(31,32)18-11-12-19(23)20(13-18)26(29)30/h7-14,16,25H,2-6H2,1H3,(H,24,27). The normalized spacial score (nSPS) is 15.2. The van der Waals surface area contributed by atoms with Crippen molar-refractivity contribution in [2.75, 3.05) is 4.72 Å². The fourth-order valence-electron chi connectivity index (χ4n) is 3.54. The van der Waals surface area contributed by atoms with Crippen LogP contribution in [0.4, 0.5) is 11.4 Å². The number of carbonyl (C=O) groups excluding carboxylic acids is 2. The maximum Gasteiger partial charge on any atom is 0.338 e. The second kappa shape index (κ2) is 10.8. The Morgan fingerprint density at radius 3 is 2.38 bits per heavy atom. The number of nitrogens with one attached hydrogen (secondary N) is 2. The quantitative estimate of drug-likeness (QED) is 0.310. The van der Waals surface area contributed by atoms with E-state index in [2.05, 4.69) is 10.0 Å². The molecule has 1 atom stereocenters. The molecule has 2 aromatic carbocycles. The van der Waals surface area contributed by atoms with E-state index in [-0.39, 0.29) is 33.1 Å². The molecule has 0 spiro atoms. The Morgan fingerprint density at radius 2 is 1.76 bits per heavy atom. The third kappa shape index (κ3) is 6.45. The number of hydrogen-bond donors (Lipinski definition) is 2. The molecule has 1 unspecified atom stereocenters. The van der Waals surface area contributed by atoms with Crippen LogP contribution in [0.3, 0.4) is 0 Å². The fraction of sp³-hybridized carbons (Fsp3) is 0.364. The number of halogens is 1. The van der Waals surface area contributed by atoms with E-state index in [4.69, 9.17) is 16.3 Å². The molecule has 1 aliphatic carbocycles. The minimum Gasteiger partial charge on any atom is -0.449 e. The van der Waals surface area contributed by atoms with Gasteiger partial charge in [0.15, 0.2) is 6.10 Å². The minimum absolute atomic E-state index is 0.0942. The van der Waals surface area contributed by atoms with Crippen molar-refractivity contribution in [1.82, 2.24) is 5.32 Å². The molecule has 34 heavy (non-hydrogen) atoms. The smallest absolute Gasteiger partial charge is 0.338 e. The molecule has 0 bridgehead atoms. The third-order valence-electron chi connectivity index (χ3n) is 5.40. The zero-order chi connectivity index (χ0) is 24.9. The van der Waals surface area contributed by atoms with Crippen LogP contribution in [-0.4, -0.2) is 37.4 Å². The first-order chi connectivity index (χ1) is 16.1. The number of amides is 1. The maximum atomic E-state index is 12.6. The van der Waals surface area contributed by atoms with Gasteiger partial charge in [0.05, 0.1) is 15.4 Å². The molecule has 1 aliphatic rings. The lowest BCUT2D eigenvalue weighted by molar-refractivity contribution is -0.384. The molecule has 0 aromatic heterocycles. The van der Waals surface area contributed by atoms with E-state index in [0.29, 0.717) is 0 Å². The molecule has 12 heteroatoms. The van der Waals surface area contributed by atoms with Crippen LogP contribution in [0.5, 0.6) is 0 Å². The van der Waals surface area contributed by atoms with Crippen molar-refractivity contribution in [2.45, 2.75) is 56.1 Å². The van der Waals surface area contributed by atoms with Crippen molar-refractivity contribution >= 4 is 44.9 Å². The number of nitro groups is 1. The van der Waals surface area contributed by atoms with Gasteiger partial charge < -0.3 is 10.1 Å². The molecule has 0 heterocycles. The summed E-state index contributed by atoms with van der Waals surface area (Å²) in [6.07, 6.45) is 4.12. The largest absolute Gasteiger partial charge is 0.449 e. The van der Waals surface area contributed by atoms with E-state index in [1.54, 1.807) is 0 Å². The first-order valence-corrected chi connectivity index (χ1v) is 12.5. The summed E-state index contributed by atoms with van der Waals surface area (Å²) in [7, 11) is -4.15. The molecule has 3 rings (SSSR count). The van der Waals surface area contributed by atoms with Gasteiger partial charge in [0.1, 0.15) is 5.02 Å². The van der Waals surface area contributed by atoms with Crippen molar-refractivity contribution in [3.8, 4) is 0 Å². The molecular formula is C22H24ClN3O7S. The molecule has 0 radical (unpaired) electrons. The zero-order valence-corrected chi connectivity index (χ0v) is 19.9. The minimum atomic E-state index is -4.15. The molecule has 0 saturated heterocycles. The molecule has 182 valence electrons. The van der Waals surface area contributed by atoms with E-state index in [1.165, 1.54) is 31.2 Å². The van der Waals surface area contributed by atoms with Crippen LogP contribution >= 0.6 is 11.6 Å². The highest BCUT2D eigenvalue weighted by Crippen LogP contribution is 2.28. The number of benzene rings is 2. The van der Waals surface area contributed by atoms with Crippen LogP contribution in [0.15, 0.2) is 47.4 Å². The van der Waals surface area contributed by atoms with E-state index in [1.807, 2.05) is 0 Å². The van der Waals surface area contributed by atoms with Gasteiger partial charge in [-0.2, -0.15) is 0 Å². The number of nitrogens with zero attached hydrogens (tertiary/aromatic N) is 1. The van der Waals surface area contributed by atoms with Crippen LogP contribution in [0, 0.1) is 10.1 Å². The highest BCUT2D eigenvalue weighted by molar-refractivity contribution is 7.92. The van der Waals surface area contributed by atoms with E-state index < -0.39 is 32.7 Å². The second-order valence-electron chi connectivity index (χ2n) is 7.94. The number of esters is 1. The number of anilines is 1. The Morgan fingerprint density at radius 1 is 1.12 bits per heavy atom. The van der Waals surface area contributed by atoms with E-state index in [0.717, 1.165) is 50.3 Å². The van der Waals surface area contributed by atoms with Gasteiger partial charge in [-0.1, -0.05) is 30.9 Å². The summed E-state index contributed by atoms with van der Waals surface area (Å²) in [5, 5.41) is 13.7. The van der Waals surface area contributed by atoms with Gasteiger partial charge in [-0.15, -0.1) is 0 Å². The summed E-state index contributed by atoms with van der Waals surface area (Å²) in [5.74, 6) is -1.09. The van der Waals surface area contributed by atoms with Gasteiger partial charge in [-0.3, -0.25) is 19.6 Å². The summed E-state index contributed by atoms with van der Waals surface area (Å²) >= 11 is 5.73. The van der Waals surface area contributed by atoms with Crippen molar-refractivity contribution < 1.29 is 27.7 Å². The Hall–Kier alpha value is -3.18. The van der Waals surface area contributed by atoms with E-state index in [9.17, 15) is 28.1 Å². The number of hydrogen-bond acceptors (Lipinski definition) is 7. The zero-order valence-electron chi connectivity index (χ0n) is 18.3. The number of rotatable bonds is 8. The van der Waals surface area contributed by atoms with Crippen LogP contribution in [-0.2, 0) is 19.6 Å². The van der Waals surface area contributed by atoms with Crippen LogP contribution in [0.2, 0.25) is 5.02 Å². The lowest BCUT2D eigenvalue weighted by atomic mass is 9.95.